The quantitative estimate of drug-likeness (QED) is 0.831. The molecule has 0 radical (unpaired) electrons. The molecule has 1 aromatic carbocycles. The zero-order valence-corrected chi connectivity index (χ0v) is 9.75. The fraction of sp³-hybridized carbons (Fsp3) is 0.273. The molecule has 1 heterocycles. The highest BCUT2D eigenvalue weighted by Crippen LogP contribution is 2.23. The molecule has 0 fully saturated rings. The summed E-state index contributed by atoms with van der Waals surface area (Å²) in [5, 5.41) is 0.835. The first-order chi connectivity index (χ1) is 7.50. The van der Waals surface area contributed by atoms with Crippen molar-refractivity contribution in [3.05, 3.63) is 30.0 Å². The lowest BCUT2D eigenvalue weighted by Gasteiger charge is -1.95. The average molecular weight is 239 g/mol. The topological polar surface area (TPSA) is 73.3 Å². The Balaban J connectivity index is 2.40. The molecule has 0 aliphatic heterocycles. The molecule has 0 amide bonds. The maximum atomic E-state index is 11.4. The van der Waals surface area contributed by atoms with Crippen LogP contribution in [-0.4, -0.2) is 14.2 Å². The van der Waals surface area contributed by atoms with Gasteiger partial charge in [0.05, 0.1) is 0 Å². The van der Waals surface area contributed by atoms with Gasteiger partial charge in [0.25, 0.3) is 0 Å². The molecule has 2 rings (SSSR count). The van der Waals surface area contributed by atoms with E-state index in [1.165, 1.54) is 0 Å². The zero-order chi connectivity index (χ0) is 11.8. The SMILES string of the molecule is CCS(=O)(=O)Cc1cc2cc(N)ccc2o1. The van der Waals surface area contributed by atoms with Gasteiger partial charge in [-0.1, -0.05) is 6.92 Å². The molecule has 0 spiro atoms. The third kappa shape index (κ3) is 2.19. The molecule has 86 valence electrons. The Hall–Kier alpha value is -1.49. The second kappa shape index (κ2) is 3.83. The van der Waals surface area contributed by atoms with Crippen molar-refractivity contribution in [2.75, 3.05) is 11.5 Å². The van der Waals surface area contributed by atoms with Crippen molar-refractivity contribution in [1.29, 1.82) is 0 Å². The summed E-state index contributed by atoms with van der Waals surface area (Å²) < 4.78 is 28.3. The summed E-state index contributed by atoms with van der Waals surface area (Å²) in [7, 11) is -3.06. The highest BCUT2D eigenvalue weighted by Gasteiger charge is 2.13. The molecule has 2 aromatic rings. The predicted molar refractivity (Wildman–Crippen MR) is 63.8 cm³/mol. The maximum Gasteiger partial charge on any atom is 0.157 e. The van der Waals surface area contributed by atoms with Gasteiger partial charge in [0.1, 0.15) is 17.1 Å². The molecule has 0 saturated heterocycles. The molecule has 5 heteroatoms. The van der Waals surface area contributed by atoms with E-state index in [1.807, 2.05) is 0 Å². The number of nitrogens with two attached hydrogens (primary N) is 1. The normalized spacial score (nSPS) is 12.1. The molecule has 2 N–H and O–H groups in total. The van der Waals surface area contributed by atoms with E-state index < -0.39 is 9.84 Å². The summed E-state index contributed by atoms with van der Waals surface area (Å²) in [6.07, 6.45) is 0. The largest absolute Gasteiger partial charge is 0.460 e. The molecule has 0 bridgehead atoms. The van der Waals surface area contributed by atoms with E-state index in [4.69, 9.17) is 10.2 Å². The van der Waals surface area contributed by atoms with E-state index >= 15 is 0 Å². The van der Waals surface area contributed by atoms with Crippen molar-refractivity contribution in [2.24, 2.45) is 0 Å². The molecular weight excluding hydrogens is 226 g/mol. The Labute approximate surface area is 94.0 Å². The minimum absolute atomic E-state index is 0.0575. The number of hydrogen-bond donors (Lipinski definition) is 1. The Morgan fingerprint density at radius 2 is 2.06 bits per heavy atom. The lowest BCUT2D eigenvalue weighted by molar-refractivity contribution is 0.555. The first-order valence-electron chi connectivity index (χ1n) is 4.98. The smallest absolute Gasteiger partial charge is 0.157 e. The number of furan rings is 1. The van der Waals surface area contributed by atoms with Gasteiger partial charge in [-0.05, 0) is 24.3 Å². The summed E-state index contributed by atoms with van der Waals surface area (Å²) in [5.41, 5.74) is 6.93. The van der Waals surface area contributed by atoms with Gasteiger partial charge >= 0.3 is 0 Å². The van der Waals surface area contributed by atoms with Gasteiger partial charge < -0.3 is 10.2 Å². The Bertz CT molecular complexity index is 613. The van der Waals surface area contributed by atoms with E-state index in [1.54, 1.807) is 31.2 Å². The molecule has 4 nitrogen and oxygen atoms in total. The first kappa shape index (κ1) is 11.0. The van der Waals surface area contributed by atoms with Crippen LogP contribution in [0.1, 0.15) is 12.7 Å². The standard InChI is InChI=1S/C11H13NO3S/c1-2-16(13,14)7-10-6-8-5-9(12)3-4-11(8)15-10/h3-6H,2,7,12H2,1H3. The number of anilines is 1. The molecule has 0 aliphatic rings. The highest BCUT2D eigenvalue weighted by atomic mass is 32.2. The molecule has 1 aromatic heterocycles. The van der Waals surface area contributed by atoms with Crippen molar-refractivity contribution >= 4 is 26.5 Å². The average Bonchev–Trinajstić information content (AvgIpc) is 2.58. The lowest BCUT2D eigenvalue weighted by atomic mass is 10.2. The third-order valence-corrected chi connectivity index (χ3v) is 4.00. The molecule has 0 unspecified atom stereocenters. The third-order valence-electron chi connectivity index (χ3n) is 2.39. The number of hydrogen-bond acceptors (Lipinski definition) is 4. The monoisotopic (exact) mass is 239 g/mol. The minimum Gasteiger partial charge on any atom is -0.460 e. The summed E-state index contributed by atoms with van der Waals surface area (Å²) in [6.45, 7) is 1.62. The number of benzene rings is 1. The number of rotatable bonds is 3. The molecule has 0 atom stereocenters. The number of nitrogen functional groups attached to an aromatic ring is 1. The van der Waals surface area contributed by atoms with Gasteiger partial charge in [-0.2, -0.15) is 0 Å². The van der Waals surface area contributed by atoms with Crippen LogP contribution >= 0.6 is 0 Å². The van der Waals surface area contributed by atoms with Gasteiger partial charge in [-0.15, -0.1) is 0 Å². The van der Waals surface area contributed by atoms with Crippen LogP contribution in [-0.2, 0) is 15.6 Å². The van der Waals surface area contributed by atoms with Crippen LogP contribution in [0.2, 0.25) is 0 Å². The van der Waals surface area contributed by atoms with Crippen LogP contribution in [0.15, 0.2) is 28.7 Å². The first-order valence-corrected chi connectivity index (χ1v) is 6.81. The highest BCUT2D eigenvalue weighted by molar-refractivity contribution is 7.90. The fourth-order valence-electron chi connectivity index (χ4n) is 1.51. The van der Waals surface area contributed by atoms with Crippen LogP contribution in [0.3, 0.4) is 0 Å². The molecular formula is C11H13NO3S. The second-order valence-corrected chi connectivity index (χ2v) is 6.04. The summed E-state index contributed by atoms with van der Waals surface area (Å²) >= 11 is 0. The van der Waals surface area contributed by atoms with Gasteiger partial charge in [0.2, 0.25) is 0 Å². The van der Waals surface area contributed by atoms with Gasteiger partial charge in [-0.25, -0.2) is 8.42 Å². The number of sulfone groups is 1. The fourth-order valence-corrected chi connectivity index (χ4v) is 2.29. The van der Waals surface area contributed by atoms with E-state index in [-0.39, 0.29) is 11.5 Å². The predicted octanol–water partition coefficient (Wildman–Crippen LogP) is 1.95. The van der Waals surface area contributed by atoms with Crippen LogP contribution in [0.4, 0.5) is 5.69 Å². The van der Waals surface area contributed by atoms with Crippen LogP contribution in [0.25, 0.3) is 11.0 Å². The Morgan fingerprint density at radius 3 is 2.75 bits per heavy atom. The van der Waals surface area contributed by atoms with E-state index in [0.29, 0.717) is 17.0 Å². The van der Waals surface area contributed by atoms with Crippen molar-refractivity contribution in [1.82, 2.24) is 0 Å². The van der Waals surface area contributed by atoms with Crippen molar-refractivity contribution in [3.63, 3.8) is 0 Å². The maximum absolute atomic E-state index is 11.4. The van der Waals surface area contributed by atoms with E-state index in [0.717, 1.165) is 5.39 Å². The molecule has 0 saturated carbocycles. The van der Waals surface area contributed by atoms with Crippen LogP contribution in [0.5, 0.6) is 0 Å². The van der Waals surface area contributed by atoms with Crippen LogP contribution < -0.4 is 5.73 Å². The van der Waals surface area contributed by atoms with E-state index in [2.05, 4.69) is 0 Å². The van der Waals surface area contributed by atoms with Gasteiger partial charge in [0, 0.05) is 16.8 Å². The van der Waals surface area contributed by atoms with Crippen LogP contribution in [0, 0.1) is 0 Å². The van der Waals surface area contributed by atoms with Crippen molar-refractivity contribution < 1.29 is 12.8 Å². The summed E-state index contributed by atoms with van der Waals surface area (Å²) in [6, 6.07) is 6.95. The lowest BCUT2D eigenvalue weighted by Crippen LogP contribution is -2.05. The number of fused-ring (bicyclic) bond motifs is 1. The van der Waals surface area contributed by atoms with E-state index in [9.17, 15) is 8.42 Å². The second-order valence-electron chi connectivity index (χ2n) is 3.69. The van der Waals surface area contributed by atoms with Gasteiger partial charge in [-0.3, -0.25) is 0 Å². The molecule has 16 heavy (non-hydrogen) atoms. The van der Waals surface area contributed by atoms with Crippen molar-refractivity contribution in [3.8, 4) is 0 Å². The Kier molecular flexibility index (Phi) is 2.63. The molecule has 0 aliphatic carbocycles. The van der Waals surface area contributed by atoms with Gasteiger partial charge in [0.15, 0.2) is 9.84 Å². The summed E-state index contributed by atoms with van der Waals surface area (Å²) in [5.74, 6) is 0.520. The zero-order valence-electron chi connectivity index (χ0n) is 8.93. The minimum atomic E-state index is -3.06. The van der Waals surface area contributed by atoms with Crippen molar-refractivity contribution in [2.45, 2.75) is 12.7 Å². The summed E-state index contributed by atoms with van der Waals surface area (Å²) in [4.78, 5) is 0. The Morgan fingerprint density at radius 1 is 1.31 bits per heavy atom.